The van der Waals surface area contributed by atoms with Gasteiger partial charge in [-0.1, -0.05) is 309 Å². The number of fused-ring (bicyclic) bond motifs is 4. The fourth-order valence-corrected chi connectivity index (χ4v) is 19.2. The summed E-state index contributed by atoms with van der Waals surface area (Å²) >= 11 is 0. The van der Waals surface area contributed by atoms with Gasteiger partial charge in [0.15, 0.2) is 8.07 Å². The first-order valence-electron chi connectivity index (χ1n) is 30.8. The fourth-order valence-electron chi connectivity index (χ4n) is 14.4. The summed E-state index contributed by atoms with van der Waals surface area (Å²) in [6.07, 6.45) is 0. The molecule has 0 spiro atoms. The van der Waals surface area contributed by atoms with E-state index in [1.54, 1.807) is 0 Å². The molecule has 0 aromatic heterocycles. The molecule has 5 heteroatoms. The molecule has 0 fully saturated rings. The van der Waals surface area contributed by atoms with Gasteiger partial charge in [0.1, 0.15) is 0 Å². The van der Waals surface area contributed by atoms with Crippen molar-refractivity contribution in [1.29, 1.82) is 0 Å². The number of hydrogen-bond acceptors (Lipinski definition) is 3. The molecule has 0 amide bonds. The van der Waals surface area contributed by atoms with E-state index in [1.807, 2.05) is 0 Å². The first-order valence-corrected chi connectivity index (χ1v) is 32.8. The Hall–Kier alpha value is -11.2. The molecule has 14 aromatic carbocycles. The number of anilines is 9. The Labute approximate surface area is 523 Å². The molecule has 0 saturated carbocycles. The van der Waals surface area contributed by atoms with Gasteiger partial charge in [-0.3, -0.25) is 0 Å². The first-order chi connectivity index (χ1) is 44.2. The Morgan fingerprint density at radius 1 is 0.236 bits per heavy atom. The summed E-state index contributed by atoms with van der Waals surface area (Å²) in [7, 11) is -3.10. The van der Waals surface area contributed by atoms with Crippen LogP contribution < -0.4 is 51.8 Å². The van der Waals surface area contributed by atoms with E-state index in [0.29, 0.717) is 0 Å². The Balaban J connectivity index is 1.07. The summed E-state index contributed by atoms with van der Waals surface area (Å²) < 4.78 is 0. The SMILES string of the molecule is c1ccc(-c2cccc(-c3ccccc3)c2N2c3ccc([Si](c4ccccc4)(c4ccccc4)c4ccccc4)cc3B3c4ccc(N(c5ccccc5)c5ccccc5)cc4N(c4c(-c5ccccc5)cccc4-c4ccccc4)c4cccc2c43)cc1. The maximum absolute atomic E-state index is 3.10. The molecule has 418 valence electrons. The van der Waals surface area contributed by atoms with Gasteiger partial charge in [-0.15, -0.1) is 0 Å². The summed E-state index contributed by atoms with van der Waals surface area (Å²) in [6.45, 7) is -0.225. The van der Waals surface area contributed by atoms with Crippen molar-refractivity contribution >= 4 is 103 Å². The smallest absolute Gasteiger partial charge is 0.252 e. The minimum absolute atomic E-state index is 0.225. The van der Waals surface area contributed by atoms with E-state index in [-0.39, 0.29) is 6.71 Å². The lowest BCUT2D eigenvalue weighted by molar-refractivity contribution is 1.24. The second-order valence-corrected chi connectivity index (χ2v) is 26.9. The van der Waals surface area contributed by atoms with E-state index in [0.717, 1.165) is 95.7 Å². The van der Waals surface area contributed by atoms with Gasteiger partial charge in [0, 0.05) is 62.1 Å². The summed E-state index contributed by atoms with van der Waals surface area (Å²) in [4.78, 5) is 7.69. The predicted molar refractivity (Wildman–Crippen MR) is 381 cm³/mol. The van der Waals surface area contributed by atoms with Crippen molar-refractivity contribution in [1.82, 2.24) is 0 Å². The second kappa shape index (κ2) is 22.9. The van der Waals surface area contributed by atoms with Crippen LogP contribution in [0, 0.1) is 0 Å². The third-order valence-corrected chi connectivity index (χ3v) is 22.9. The second-order valence-electron chi connectivity index (χ2n) is 23.1. The summed E-state index contributed by atoms with van der Waals surface area (Å²) in [5, 5.41) is 5.32. The zero-order chi connectivity index (χ0) is 59.1. The van der Waals surface area contributed by atoms with Gasteiger partial charge in [0.05, 0.1) is 11.4 Å². The number of para-hydroxylation sites is 4. The van der Waals surface area contributed by atoms with Crippen molar-refractivity contribution in [2.75, 3.05) is 14.7 Å². The van der Waals surface area contributed by atoms with Crippen LogP contribution in [0.3, 0.4) is 0 Å². The summed E-state index contributed by atoms with van der Waals surface area (Å²) in [5.74, 6) is 0. The molecular weight excluding hydrogens is 1090 g/mol. The molecule has 89 heavy (non-hydrogen) atoms. The molecule has 2 aliphatic rings. The van der Waals surface area contributed by atoms with Crippen molar-refractivity contribution in [3.63, 3.8) is 0 Å². The highest BCUT2D eigenvalue weighted by Gasteiger charge is 2.48. The molecule has 0 saturated heterocycles. The molecule has 2 heterocycles. The van der Waals surface area contributed by atoms with E-state index in [4.69, 9.17) is 0 Å². The first kappa shape index (κ1) is 53.2. The topological polar surface area (TPSA) is 9.72 Å². The monoisotopic (exact) mass is 1150 g/mol. The van der Waals surface area contributed by atoms with Gasteiger partial charge in [0.2, 0.25) is 0 Å². The van der Waals surface area contributed by atoms with E-state index in [1.165, 1.54) is 37.1 Å². The average molecular weight is 1150 g/mol. The zero-order valence-electron chi connectivity index (χ0n) is 49.1. The Morgan fingerprint density at radius 3 is 0.978 bits per heavy atom. The van der Waals surface area contributed by atoms with Crippen LogP contribution in [0.2, 0.25) is 0 Å². The van der Waals surface area contributed by atoms with Gasteiger partial charge < -0.3 is 14.7 Å². The lowest BCUT2D eigenvalue weighted by Gasteiger charge is -2.46. The summed E-state index contributed by atoms with van der Waals surface area (Å²) in [6, 6.07) is 135. The van der Waals surface area contributed by atoms with Crippen LogP contribution in [-0.4, -0.2) is 14.8 Å². The van der Waals surface area contributed by atoms with E-state index in [2.05, 4.69) is 379 Å². The largest absolute Gasteiger partial charge is 0.310 e. The van der Waals surface area contributed by atoms with Gasteiger partial charge in [-0.25, -0.2) is 0 Å². The number of nitrogens with zero attached hydrogens (tertiary/aromatic N) is 3. The van der Waals surface area contributed by atoms with Crippen molar-refractivity contribution in [3.8, 4) is 44.5 Å². The maximum Gasteiger partial charge on any atom is 0.252 e. The third kappa shape index (κ3) is 9.13. The van der Waals surface area contributed by atoms with E-state index < -0.39 is 8.07 Å². The number of benzene rings is 14. The molecule has 14 aromatic rings. The highest BCUT2D eigenvalue weighted by molar-refractivity contribution is 7.20. The molecule has 0 bridgehead atoms. The number of hydrogen-bond donors (Lipinski definition) is 0. The minimum atomic E-state index is -3.10. The van der Waals surface area contributed by atoms with Crippen LogP contribution in [0.1, 0.15) is 0 Å². The maximum atomic E-state index is 2.65. The molecule has 3 nitrogen and oxygen atoms in total. The number of rotatable bonds is 13. The van der Waals surface area contributed by atoms with Crippen LogP contribution in [0.5, 0.6) is 0 Å². The van der Waals surface area contributed by atoms with Crippen LogP contribution >= 0.6 is 0 Å². The third-order valence-electron chi connectivity index (χ3n) is 18.2. The standard InChI is InChI=1S/C84H60BN3Si/c1-10-31-61(32-11-1)72-49-28-50-73(62-33-12-2-13-34-62)83(72)87-78-58-56-71(89(68-43-22-7-23-44-68,69-45-24-8-25-46-69)70-47-26-9-27-48-70)60-77(78)85-76-57-55-67(86(65-39-18-5-19-40-65)66-41-20-6-21-42-66)59-81(76)88(80-54-30-53-79(87)82(80)85)84-74(63-35-14-3-15-36-63)51-29-52-75(84)64-37-16-4-17-38-64/h1-60H. The van der Waals surface area contributed by atoms with Gasteiger partial charge in [-0.05, 0) is 114 Å². The highest BCUT2D eigenvalue weighted by Crippen LogP contribution is 2.53. The normalized spacial score (nSPS) is 12.2. The van der Waals surface area contributed by atoms with Crippen LogP contribution in [0.25, 0.3) is 44.5 Å². The van der Waals surface area contributed by atoms with Crippen molar-refractivity contribution < 1.29 is 0 Å². The van der Waals surface area contributed by atoms with Gasteiger partial charge in [-0.2, -0.15) is 0 Å². The van der Waals surface area contributed by atoms with Crippen molar-refractivity contribution in [2.24, 2.45) is 0 Å². The van der Waals surface area contributed by atoms with Crippen molar-refractivity contribution in [2.45, 2.75) is 0 Å². The van der Waals surface area contributed by atoms with Crippen molar-refractivity contribution in [3.05, 3.63) is 364 Å². The lowest BCUT2D eigenvalue weighted by Crippen LogP contribution is -2.75. The fraction of sp³-hybridized carbons (Fsp3) is 0. The molecule has 0 radical (unpaired) electrons. The van der Waals surface area contributed by atoms with Gasteiger partial charge >= 0.3 is 0 Å². The Morgan fingerprint density at radius 2 is 0.584 bits per heavy atom. The predicted octanol–water partition coefficient (Wildman–Crippen LogP) is 17.3. The molecule has 0 N–H and O–H groups in total. The Bertz CT molecular complexity index is 4570. The van der Waals surface area contributed by atoms with Crippen LogP contribution in [0.15, 0.2) is 364 Å². The highest BCUT2D eigenvalue weighted by atomic mass is 28.3. The van der Waals surface area contributed by atoms with E-state index >= 15 is 0 Å². The zero-order valence-corrected chi connectivity index (χ0v) is 50.1. The van der Waals surface area contributed by atoms with Gasteiger partial charge in [0.25, 0.3) is 6.71 Å². The molecule has 2 aliphatic heterocycles. The molecule has 16 rings (SSSR count). The molecular formula is C84H60BN3Si. The summed E-state index contributed by atoms with van der Waals surface area (Å²) in [5.41, 5.74) is 22.9. The Kier molecular flexibility index (Phi) is 13.7. The van der Waals surface area contributed by atoms with E-state index in [9.17, 15) is 0 Å². The average Bonchev–Trinajstić information content (AvgIpc) is 0.721. The quantitative estimate of drug-likeness (QED) is 0.0841. The molecule has 0 unspecified atom stereocenters. The molecule has 0 atom stereocenters. The lowest BCUT2D eigenvalue weighted by atomic mass is 9.33. The minimum Gasteiger partial charge on any atom is -0.310 e. The van der Waals surface area contributed by atoms with Crippen LogP contribution in [0.4, 0.5) is 51.2 Å². The van der Waals surface area contributed by atoms with Crippen LogP contribution in [-0.2, 0) is 0 Å². The molecule has 0 aliphatic carbocycles.